The Bertz CT molecular complexity index is 439. The zero-order valence-electron chi connectivity index (χ0n) is 8.60. The fraction of sp³-hybridized carbons (Fsp3) is 0.300. The molecule has 1 aromatic rings. The quantitative estimate of drug-likeness (QED) is 0.598. The molecule has 0 heterocycles. The van der Waals surface area contributed by atoms with Gasteiger partial charge in [-0.3, -0.25) is 4.79 Å². The van der Waals surface area contributed by atoms with Crippen LogP contribution in [0.1, 0.15) is 18.1 Å². The highest BCUT2D eigenvalue weighted by Gasteiger charge is 2.25. The zero-order chi connectivity index (χ0) is 13.2. The molecular formula is C10H11F2NO4. The number of carbonyl (C=O) groups is 1. The molecule has 2 unspecified atom stereocenters. The molecule has 5 nitrogen and oxygen atoms in total. The molecule has 2 atom stereocenters. The summed E-state index contributed by atoms with van der Waals surface area (Å²) in [5.41, 5.74) is 4.24. The molecule has 0 fully saturated rings. The molecule has 0 aliphatic carbocycles. The van der Waals surface area contributed by atoms with Crippen LogP contribution in [0.25, 0.3) is 0 Å². The summed E-state index contributed by atoms with van der Waals surface area (Å²) in [6.07, 6.45) is -4.06. The summed E-state index contributed by atoms with van der Waals surface area (Å²) in [7, 11) is 0. The van der Waals surface area contributed by atoms with Gasteiger partial charge in [0.05, 0.1) is 12.5 Å². The van der Waals surface area contributed by atoms with Crippen LogP contribution in [0.3, 0.4) is 0 Å². The number of amides is 1. The average Bonchev–Trinajstić information content (AvgIpc) is 2.21. The largest absolute Gasteiger partial charge is 0.505 e. The third-order valence-electron chi connectivity index (χ3n) is 2.15. The van der Waals surface area contributed by atoms with E-state index in [0.29, 0.717) is 12.1 Å². The smallest absolute Gasteiger partial charge is 0.220 e. The van der Waals surface area contributed by atoms with Gasteiger partial charge >= 0.3 is 0 Å². The van der Waals surface area contributed by atoms with E-state index in [9.17, 15) is 28.9 Å². The first-order chi connectivity index (χ1) is 7.82. The second kappa shape index (κ2) is 5.07. The van der Waals surface area contributed by atoms with Gasteiger partial charge in [-0.05, 0) is 6.07 Å². The van der Waals surface area contributed by atoms with Crippen molar-refractivity contribution in [2.24, 2.45) is 5.73 Å². The van der Waals surface area contributed by atoms with Gasteiger partial charge in [-0.2, -0.15) is 0 Å². The lowest BCUT2D eigenvalue weighted by Crippen LogP contribution is -2.25. The predicted molar refractivity (Wildman–Crippen MR) is 52.8 cm³/mol. The molecule has 7 heteroatoms. The van der Waals surface area contributed by atoms with E-state index in [1.54, 1.807) is 0 Å². The summed E-state index contributed by atoms with van der Waals surface area (Å²) in [6.45, 7) is 0. The molecule has 0 aliphatic heterocycles. The minimum absolute atomic E-state index is 0.423. The van der Waals surface area contributed by atoms with Crippen molar-refractivity contribution in [3.63, 3.8) is 0 Å². The molecule has 0 saturated carbocycles. The van der Waals surface area contributed by atoms with Crippen LogP contribution in [0.5, 0.6) is 5.75 Å². The Kier molecular flexibility index (Phi) is 3.97. The van der Waals surface area contributed by atoms with Crippen LogP contribution in [0.15, 0.2) is 12.1 Å². The van der Waals surface area contributed by atoms with Gasteiger partial charge in [0.1, 0.15) is 11.9 Å². The van der Waals surface area contributed by atoms with E-state index in [2.05, 4.69) is 0 Å². The number of rotatable bonds is 4. The molecule has 0 saturated heterocycles. The highest BCUT2D eigenvalue weighted by molar-refractivity contribution is 5.74. The maximum absolute atomic E-state index is 13.0. The number of aliphatic hydroxyl groups excluding tert-OH is 2. The fourth-order valence-electron chi connectivity index (χ4n) is 1.34. The fourth-order valence-corrected chi connectivity index (χ4v) is 1.34. The van der Waals surface area contributed by atoms with Crippen molar-refractivity contribution in [1.29, 1.82) is 0 Å². The number of hydrogen-bond acceptors (Lipinski definition) is 4. The SMILES string of the molecule is NC(=O)CC(O)C(O)c1cc(F)cc(F)c1O. The maximum Gasteiger partial charge on any atom is 0.220 e. The van der Waals surface area contributed by atoms with Crippen molar-refractivity contribution in [3.05, 3.63) is 29.3 Å². The molecule has 0 aliphatic rings. The minimum atomic E-state index is -1.81. The molecule has 0 aromatic heterocycles. The van der Waals surface area contributed by atoms with Gasteiger partial charge in [0.2, 0.25) is 5.91 Å². The average molecular weight is 247 g/mol. The maximum atomic E-state index is 13.0. The van der Waals surface area contributed by atoms with Gasteiger partial charge in [-0.15, -0.1) is 0 Å². The number of phenolic OH excluding ortho intramolecular Hbond substituents is 1. The lowest BCUT2D eigenvalue weighted by molar-refractivity contribution is -0.121. The van der Waals surface area contributed by atoms with E-state index in [0.717, 1.165) is 0 Å². The molecule has 1 aromatic carbocycles. The van der Waals surface area contributed by atoms with Crippen LogP contribution in [0, 0.1) is 11.6 Å². The van der Waals surface area contributed by atoms with Crippen LogP contribution in [0.2, 0.25) is 0 Å². The Labute approximate surface area is 95.1 Å². The summed E-state index contributed by atoms with van der Waals surface area (Å²) in [6, 6.07) is 1.08. The molecular weight excluding hydrogens is 236 g/mol. The zero-order valence-corrected chi connectivity index (χ0v) is 8.60. The normalized spacial score (nSPS) is 14.4. The van der Waals surface area contributed by atoms with Crippen molar-refractivity contribution in [2.75, 3.05) is 0 Å². The number of nitrogens with two attached hydrogens (primary N) is 1. The van der Waals surface area contributed by atoms with Crippen LogP contribution in [0.4, 0.5) is 8.78 Å². The molecule has 17 heavy (non-hydrogen) atoms. The number of aromatic hydroxyl groups is 1. The lowest BCUT2D eigenvalue weighted by atomic mass is 10.0. The predicted octanol–water partition coefficient (Wildman–Crippen LogP) is -0.0599. The van der Waals surface area contributed by atoms with Gasteiger partial charge in [-0.1, -0.05) is 0 Å². The van der Waals surface area contributed by atoms with E-state index in [1.807, 2.05) is 0 Å². The monoisotopic (exact) mass is 247 g/mol. The summed E-state index contributed by atoms with van der Waals surface area (Å²) in [5, 5.41) is 28.1. The third-order valence-corrected chi connectivity index (χ3v) is 2.15. The highest BCUT2D eigenvalue weighted by atomic mass is 19.1. The van der Waals surface area contributed by atoms with Gasteiger partial charge < -0.3 is 21.1 Å². The van der Waals surface area contributed by atoms with E-state index >= 15 is 0 Å². The Morgan fingerprint density at radius 1 is 1.35 bits per heavy atom. The summed E-state index contributed by atoms with van der Waals surface area (Å²) in [4.78, 5) is 10.5. The van der Waals surface area contributed by atoms with Gasteiger partial charge in [-0.25, -0.2) is 8.78 Å². The van der Waals surface area contributed by atoms with Crippen molar-refractivity contribution in [3.8, 4) is 5.75 Å². The van der Waals surface area contributed by atoms with Crippen molar-refractivity contribution < 1.29 is 28.9 Å². The Morgan fingerprint density at radius 3 is 2.47 bits per heavy atom. The topological polar surface area (TPSA) is 104 Å². The van der Waals surface area contributed by atoms with Gasteiger partial charge in [0.25, 0.3) is 0 Å². The van der Waals surface area contributed by atoms with Gasteiger partial charge in [0, 0.05) is 11.6 Å². The number of phenols is 1. The Hall–Kier alpha value is -1.73. The van der Waals surface area contributed by atoms with Crippen LogP contribution < -0.4 is 5.73 Å². The van der Waals surface area contributed by atoms with E-state index in [-0.39, 0.29) is 0 Å². The standard InChI is InChI=1S/C10H11F2NO4/c11-4-1-5(9(16)6(12)2-4)10(17)7(14)3-8(13)15/h1-2,7,10,14,16-17H,3H2,(H2,13,15). The van der Waals surface area contributed by atoms with Crippen LogP contribution in [-0.2, 0) is 4.79 Å². The van der Waals surface area contributed by atoms with Crippen molar-refractivity contribution in [2.45, 2.75) is 18.6 Å². The summed E-state index contributed by atoms with van der Waals surface area (Å²) in [5.74, 6) is -4.18. The summed E-state index contributed by atoms with van der Waals surface area (Å²) >= 11 is 0. The number of benzene rings is 1. The molecule has 5 N–H and O–H groups in total. The highest BCUT2D eigenvalue weighted by Crippen LogP contribution is 2.30. The van der Waals surface area contributed by atoms with E-state index < -0.39 is 47.5 Å². The molecule has 0 bridgehead atoms. The number of aliphatic hydroxyl groups is 2. The van der Waals surface area contributed by atoms with E-state index in [4.69, 9.17) is 5.73 Å². The number of hydrogen-bond donors (Lipinski definition) is 4. The summed E-state index contributed by atoms with van der Waals surface area (Å²) < 4.78 is 25.8. The first-order valence-corrected chi connectivity index (χ1v) is 4.65. The molecule has 1 rings (SSSR count). The molecule has 0 spiro atoms. The molecule has 94 valence electrons. The van der Waals surface area contributed by atoms with Gasteiger partial charge in [0.15, 0.2) is 11.6 Å². The van der Waals surface area contributed by atoms with Crippen LogP contribution >= 0.6 is 0 Å². The number of halogens is 2. The number of primary amides is 1. The second-order valence-corrected chi connectivity index (χ2v) is 3.51. The Morgan fingerprint density at radius 2 is 1.94 bits per heavy atom. The molecule has 0 radical (unpaired) electrons. The number of carbonyl (C=O) groups excluding carboxylic acids is 1. The van der Waals surface area contributed by atoms with Crippen LogP contribution in [-0.4, -0.2) is 27.3 Å². The molecule has 1 amide bonds. The first-order valence-electron chi connectivity index (χ1n) is 4.65. The second-order valence-electron chi connectivity index (χ2n) is 3.51. The minimum Gasteiger partial charge on any atom is -0.505 e. The van der Waals surface area contributed by atoms with Crippen molar-refractivity contribution >= 4 is 5.91 Å². The Balaban J connectivity index is 3.03. The van der Waals surface area contributed by atoms with E-state index in [1.165, 1.54) is 0 Å². The third kappa shape index (κ3) is 3.11. The first kappa shape index (κ1) is 13.3. The van der Waals surface area contributed by atoms with Crippen molar-refractivity contribution in [1.82, 2.24) is 0 Å². The lowest BCUT2D eigenvalue weighted by Gasteiger charge is -2.18.